The van der Waals surface area contributed by atoms with Gasteiger partial charge in [-0.2, -0.15) is 4.98 Å². The number of halogens is 2. The predicted molar refractivity (Wildman–Crippen MR) is 97.8 cm³/mol. The summed E-state index contributed by atoms with van der Waals surface area (Å²) in [6.07, 6.45) is 1.40. The number of piperazine rings is 1. The van der Waals surface area contributed by atoms with Gasteiger partial charge in [-0.1, -0.05) is 17.9 Å². The fourth-order valence-electron chi connectivity index (χ4n) is 3.21. The van der Waals surface area contributed by atoms with Crippen molar-refractivity contribution in [2.45, 2.75) is 0 Å². The monoisotopic (exact) mass is 373 g/mol. The molecule has 2 aromatic heterocycles. The lowest BCUT2D eigenvalue weighted by atomic mass is 10.1. The van der Waals surface area contributed by atoms with E-state index in [2.05, 4.69) is 26.9 Å². The van der Waals surface area contributed by atoms with Crippen LogP contribution in [0.1, 0.15) is 5.56 Å². The SMILES string of the molecule is C=Cc1cc(F)c(N2CCN(c3nc4c(nnn4C)c(=O)[nH]3)CC2)c(F)c1. The molecule has 27 heavy (non-hydrogen) atoms. The molecule has 0 bridgehead atoms. The number of nitrogens with one attached hydrogen (secondary N) is 1. The number of benzene rings is 1. The molecule has 4 rings (SSSR count). The number of aromatic nitrogens is 5. The van der Waals surface area contributed by atoms with Crippen molar-refractivity contribution in [1.29, 1.82) is 0 Å². The molecular formula is C17H17F2N7O. The van der Waals surface area contributed by atoms with E-state index in [1.165, 1.54) is 22.9 Å². The molecule has 0 aliphatic carbocycles. The van der Waals surface area contributed by atoms with Gasteiger partial charge in [0.1, 0.15) is 17.3 Å². The lowest BCUT2D eigenvalue weighted by Crippen LogP contribution is -2.48. The topological polar surface area (TPSA) is 82.9 Å². The van der Waals surface area contributed by atoms with Crippen LogP contribution in [0.25, 0.3) is 17.2 Å². The maximum atomic E-state index is 14.3. The summed E-state index contributed by atoms with van der Waals surface area (Å²) in [5, 5.41) is 7.57. The maximum Gasteiger partial charge on any atom is 0.282 e. The van der Waals surface area contributed by atoms with Crippen LogP contribution in [0.5, 0.6) is 0 Å². The third kappa shape index (κ3) is 2.92. The molecule has 140 valence electrons. The van der Waals surface area contributed by atoms with E-state index in [0.29, 0.717) is 43.3 Å². The Morgan fingerprint density at radius 2 is 1.78 bits per heavy atom. The molecule has 0 saturated carbocycles. The highest BCUT2D eigenvalue weighted by Crippen LogP contribution is 2.27. The quantitative estimate of drug-likeness (QED) is 0.745. The molecule has 1 aliphatic heterocycles. The van der Waals surface area contributed by atoms with Crippen LogP contribution in [0, 0.1) is 11.6 Å². The Morgan fingerprint density at radius 3 is 2.41 bits per heavy atom. The van der Waals surface area contributed by atoms with E-state index in [9.17, 15) is 13.6 Å². The zero-order valence-corrected chi connectivity index (χ0v) is 14.6. The van der Waals surface area contributed by atoms with Crippen LogP contribution in [0.4, 0.5) is 20.4 Å². The normalized spacial score (nSPS) is 14.8. The number of aromatic amines is 1. The number of aryl methyl sites for hydroxylation is 1. The number of nitrogens with zero attached hydrogens (tertiary/aromatic N) is 6. The molecule has 3 heterocycles. The van der Waals surface area contributed by atoms with Crippen molar-refractivity contribution in [3.05, 3.63) is 46.3 Å². The standard InChI is InChI=1S/C17H17F2N7O/c1-3-10-8-11(18)14(12(19)9-10)25-4-6-26(7-5-25)17-20-15-13(16(27)21-17)22-23-24(15)2/h3,8-9H,1,4-7H2,2H3,(H,20,21,27). The second-order valence-electron chi connectivity index (χ2n) is 6.29. The summed E-state index contributed by atoms with van der Waals surface area (Å²) in [4.78, 5) is 22.7. The van der Waals surface area contributed by atoms with Crippen LogP contribution in [0.2, 0.25) is 0 Å². The third-order valence-electron chi connectivity index (χ3n) is 4.62. The second kappa shape index (κ2) is 6.45. The number of hydrogen-bond donors (Lipinski definition) is 1. The van der Waals surface area contributed by atoms with Gasteiger partial charge < -0.3 is 9.80 Å². The fraction of sp³-hybridized carbons (Fsp3) is 0.294. The first-order valence-corrected chi connectivity index (χ1v) is 8.39. The maximum absolute atomic E-state index is 14.3. The highest BCUT2D eigenvalue weighted by atomic mass is 19.1. The molecule has 0 spiro atoms. The van der Waals surface area contributed by atoms with Crippen molar-refractivity contribution in [2.75, 3.05) is 36.0 Å². The van der Waals surface area contributed by atoms with Crippen LogP contribution >= 0.6 is 0 Å². The summed E-state index contributed by atoms with van der Waals surface area (Å²) < 4.78 is 30.1. The van der Waals surface area contributed by atoms with Crippen LogP contribution in [-0.4, -0.2) is 51.1 Å². The zero-order valence-electron chi connectivity index (χ0n) is 14.6. The largest absolute Gasteiger partial charge is 0.363 e. The molecule has 0 amide bonds. The van der Waals surface area contributed by atoms with Crippen molar-refractivity contribution in [1.82, 2.24) is 25.0 Å². The zero-order chi connectivity index (χ0) is 19.1. The van der Waals surface area contributed by atoms with E-state index < -0.39 is 11.6 Å². The van der Waals surface area contributed by atoms with Crippen molar-refractivity contribution in [2.24, 2.45) is 7.05 Å². The average Bonchev–Trinajstić information content (AvgIpc) is 3.03. The minimum atomic E-state index is -0.618. The Morgan fingerprint density at radius 1 is 1.15 bits per heavy atom. The van der Waals surface area contributed by atoms with Gasteiger partial charge in [-0.05, 0) is 17.7 Å². The molecule has 0 atom stereocenters. The van der Waals surface area contributed by atoms with E-state index in [1.54, 1.807) is 11.9 Å². The molecule has 3 aromatic rings. The molecule has 1 aliphatic rings. The van der Waals surface area contributed by atoms with Crippen LogP contribution in [0.15, 0.2) is 23.5 Å². The van der Waals surface area contributed by atoms with Gasteiger partial charge >= 0.3 is 0 Å². The van der Waals surface area contributed by atoms with E-state index >= 15 is 0 Å². The number of fused-ring (bicyclic) bond motifs is 1. The number of anilines is 2. The summed E-state index contributed by atoms with van der Waals surface area (Å²) >= 11 is 0. The Hall–Kier alpha value is -3.30. The molecule has 0 radical (unpaired) electrons. The minimum absolute atomic E-state index is 0.0482. The lowest BCUT2D eigenvalue weighted by molar-refractivity contribution is 0.554. The Bertz CT molecular complexity index is 1060. The van der Waals surface area contributed by atoms with Gasteiger partial charge in [0.2, 0.25) is 5.95 Å². The summed E-state index contributed by atoms with van der Waals surface area (Å²) in [5.74, 6) is -0.847. The summed E-state index contributed by atoms with van der Waals surface area (Å²) in [6.45, 7) is 5.19. The van der Waals surface area contributed by atoms with Gasteiger partial charge in [0.05, 0.1) is 0 Å². The van der Waals surface area contributed by atoms with Crippen LogP contribution < -0.4 is 15.4 Å². The summed E-state index contributed by atoms with van der Waals surface area (Å²) in [5.41, 5.74) is 0.530. The van der Waals surface area contributed by atoms with Crippen LogP contribution in [0.3, 0.4) is 0 Å². The number of H-pyrrole nitrogens is 1. The van der Waals surface area contributed by atoms with Gasteiger partial charge in [0.25, 0.3) is 5.56 Å². The van der Waals surface area contributed by atoms with Gasteiger partial charge in [-0.25, -0.2) is 13.5 Å². The first-order valence-electron chi connectivity index (χ1n) is 8.39. The molecule has 1 aromatic carbocycles. The highest BCUT2D eigenvalue weighted by Gasteiger charge is 2.24. The molecule has 1 N–H and O–H groups in total. The molecule has 8 nitrogen and oxygen atoms in total. The van der Waals surface area contributed by atoms with Crippen molar-refractivity contribution in [3.63, 3.8) is 0 Å². The number of hydrogen-bond acceptors (Lipinski definition) is 6. The fourth-order valence-corrected chi connectivity index (χ4v) is 3.21. The predicted octanol–water partition coefficient (Wildman–Crippen LogP) is 1.30. The average molecular weight is 373 g/mol. The first kappa shape index (κ1) is 17.1. The van der Waals surface area contributed by atoms with E-state index in [0.717, 1.165) is 0 Å². The second-order valence-corrected chi connectivity index (χ2v) is 6.29. The van der Waals surface area contributed by atoms with E-state index in [-0.39, 0.29) is 16.8 Å². The Kier molecular flexibility index (Phi) is 4.09. The smallest absolute Gasteiger partial charge is 0.282 e. The van der Waals surface area contributed by atoms with Crippen molar-refractivity contribution < 1.29 is 8.78 Å². The molecule has 0 unspecified atom stereocenters. The van der Waals surface area contributed by atoms with E-state index in [1.807, 2.05) is 4.90 Å². The molecular weight excluding hydrogens is 356 g/mol. The molecule has 1 fully saturated rings. The molecule has 10 heteroatoms. The Labute approximate surface area is 152 Å². The first-order chi connectivity index (χ1) is 13.0. The third-order valence-corrected chi connectivity index (χ3v) is 4.62. The van der Waals surface area contributed by atoms with Gasteiger partial charge in [0, 0.05) is 33.2 Å². The summed E-state index contributed by atoms with van der Waals surface area (Å²) in [7, 11) is 1.65. The van der Waals surface area contributed by atoms with Gasteiger partial charge in [-0.15, -0.1) is 5.10 Å². The molecule has 1 saturated heterocycles. The van der Waals surface area contributed by atoms with Gasteiger partial charge in [0.15, 0.2) is 11.2 Å². The Balaban J connectivity index is 1.57. The number of rotatable bonds is 3. The van der Waals surface area contributed by atoms with Crippen molar-refractivity contribution >= 4 is 28.9 Å². The van der Waals surface area contributed by atoms with Crippen LogP contribution in [-0.2, 0) is 7.05 Å². The lowest BCUT2D eigenvalue weighted by Gasteiger charge is -2.36. The van der Waals surface area contributed by atoms with Gasteiger partial charge in [-0.3, -0.25) is 9.78 Å². The van der Waals surface area contributed by atoms with Crippen molar-refractivity contribution in [3.8, 4) is 0 Å². The minimum Gasteiger partial charge on any atom is -0.363 e. The highest BCUT2D eigenvalue weighted by molar-refractivity contribution is 5.69. The van der Waals surface area contributed by atoms with E-state index in [4.69, 9.17) is 0 Å². The summed E-state index contributed by atoms with van der Waals surface area (Å²) in [6, 6.07) is 2.53.